The second-order valence-corrected chi connectivity index (χ2v) is 5.29. The van der Waals surface area contributed by atoms with Crippen LogP contribution in [0.2, 0.25) is 0 Å². The van der Waals surface area contributed by atoms with Crippen LogP contribution in [-0.2, 0) is 16.1 Å². The number of hydrogen-bond donors (Lipinski definition) is 1. The van der Waals surface area contributed by atoms with Gasteiger partial charge in [0.15, 0.2) is 0 Å². The van der Waals surface area contributed by atoms with Crippen molar-refractivity contribution in [3.8, 4) is 0 Å². The smallest absolute Gasteiger partial charge is 0.220 e. The van der Waals surface area contributed by atoms with Crippen molar-refractivity contribution in [2.75, 3.05) is 0 Å². The van der Waals surface area contributed by atoms with Crippen LogP contribution in [0.5, 0.6) is 0 Å². The predicted molar refractivity (Wildman–Crippen MR) is 68.9 cm³/mol. The number of fused-ring (bicyclic) bond motifs is 1. The molecule has 3 rings (SSSR count). The first-order valence-corrected chi connectivity index (χ1v) is 6.78. The van der Waals surface area contributed by atoms with Gasteiger partial charge in [0, 0.05) is 18.4 Å². The molecule has 3 unspecified atom stereocenters. The second kappa shape index (κ2) is 5.11. The highest BCUT2D eigenvalue weighted by Crippen LogP contribution is 2.35. The average Bonchev–Trinajstić information content (AvgIpc) is 2.80. The van der Waals surface area contributed by atoms with Crippen LogP contribution in [0, 0.1) is 5.92 Å². The molecule has 0 bridgehead atoms. The molecule has 3 heteroatoms. The van der Waals surface area contributed by atoms with Crippen LogP contribution in [0.4, 0.5) is 0 Å². The van der Waals surface area contributed by atoms with Crippen molar-refractivity contribution >= 4 is 5.91 Å². The van der Waals surface area contributed by atoms with Crippen LogP contribution in [0.15, 0.2) is 30.3 Å². The summed E-state index contributed by atoms with van der Waals surface area (Å²) in [7, 11) is 0. The number of carbonyl (C=O) groups is 1. The molecule has 0 spiro atoms. The van der Waals surface area contributed by atoms with Gasteiger partial charge in [-0.05, 0) is 24.8 Å². The predicted octanol–water partition coefficient (Wildman–Crippen LogP) is 2.26. The molecule has 1 aliphatic heterocycles. The number of carbonyl (C=O) groups excluding carboxylic acids is 1. The molecule has 1 saturated carbocycles. The van der Waals surface area contributed by atoms with Gasteiger partial charge in [-0.1, -0.05) is 30.3 Å². The highest BCUT2D eigenvalue weighted by molar-refractivity contribution is 5.77. The van der Waals surface area contributed by atoms with Crippen molar-refractivity contribution in [1.82, 2.24) is 5.32 Å². The zero-order valence-corrected chi connectivity index (χ0v) is 10.5. The standard InChI is InChI=1S/C15H19NO2/c17-15-9-6-12-13(16-15)7-8-14(12)18-10-11-4-2-1-3-5-11/h1-5,12-14H,6-10H2,(H,16,17). The minimum atomic E-state index is 0.208. The minimum Gasteiger partial charge on any atom is -0.373 e. The lowest BCUT2D eigenvalue weighted by molar-refractivity contribution is -0.125. The Morgan fingerprint density at radius 3 is 2.83 bits per heavy atom. The van der Waals surface area contributed by atoms with Crippen molar-refractivity contribution in [3.05, 3.63) is 35.9 Å². The summed E-state index contributed by atoms with van der Waals surface area (Å²) in [4.78, 5) is 11.3. The van der Waals surface area contributed by atoms with E-state index in [1.54, 1.807) is 0 Å². The van der Waals surface area contributed by atoms with Gasteiger partial charge >= 0.3 is 0 Å². The molecule has 3 nitrogen and oxygen atoms in total. The molecule has 1 N–H and O–H groups in total. The molecular formula is C15H19NO2. The highest BCUT2D eigenvalue weighted by atomic mass is 16.5. The molecule has 0 radical (unpaired) electrons. The molecule has 96 valence electrons. The summed E-state index contributed by atoms with van der Waals surface area (Å²) < 4.78 is 6.04. The Hall–Kier alpha value is -1.35. The maximum Gasteiger partial charge on any atom is 0.220 e. The van der Waals surface area contributed by atoms with Gasteiger partial charge in [0.05, 0.1) is 12.7 Å². The normalized spacial score (nSPS) is 30.9. The molecule has 2 fully saturated rings. The molecule has 18 heavy (non-hydrogen) atoms. The number of ether oxygens (including phenoxy) is 1. The van der Waals surface area contributed by atoms with Gasteiger partial charge in [-0.3, -0.25) is 4.79 Å². The van der Waals surface area contributed by atoms with Gasteiger partial charge in [0.1, 0.15) is 0 Å². The zero-order valence-electron chi connectivity index (χ0n) is 10.5. The van der Waals surface area contributed by atoms with E-state index in [0.29, 0.717) is 31.1 Å². The first kappa shape index (κ1) is 11.7. The fraction of sp³-hybridized carbons (Fsp3) is 0.533. The Kier molecular flexibility index (Phi) is 3.33. The van der Waals surface area contributed by atoms with E-state index in [0.717, 1.165) is 19.3 Å². The van der Waals surface area contributed by atoms with Crippen LogP contribution in [0.3, 0.4) is 0 Å². The summed E-state index contributed by atoms with van der Waals surface area (Å²) in [5, 5.41) is 3.09. The molecule has 1 aliphatic carbocycles. The summed E-state index contributed by atoms with van der Waals surface area (Å²) in [6.07, 6.45) is 4.09. The zero-order chi connectivity index (χ0) is 12.4. The van der Waals surface area contributed by atoms with E-state index in [-0.39, 0.29) is 5.91 Å². The van der Waals surface area contributed by atoms with E-state index < -0.39 is 0 Å². The Morgan fingerprint density at radius 2 is 2.00 bits per heavy atom. The van der Waals surface area contributed by atoms with Crippen LogP contribution in [0.25, 0.3) is 0 Å². The Bertz CT molecular complexity index is 418. The Labute approximate surface area is 108 Å². The third-order valence-corrected chi connectivity index (χ3v) is 4.11. The fourth-order valence-corrected chi connectivity index (χ4v) is 3.16. The molecule has 1 amide bonds. The average molecular weight is 245 g/mol. The van der Waals surface area contributed by atoms with Crippen LogP contribution in [0.1, 0.15) is 31.2 Å². The van der Waals surface area contributed by atoms with E-state index in [1.165, 1.54) is 5.56 Å². The minimum absolute atomic E-state index is 0.208. The van der Waals surface area contributed by atoms with E-state index in [1.807, 2.05) is 18.2 Å². The van der Waals surface area contributed by atoms with Gasteiger partial charge < -0.3 is 10.1 Å². The number of hydrogen-bond acceptors (Lipinski definition) is 2. The van der Waals surface area contributed by atoms with E-state index in [2.05, 4.69) is 17.4 Å². The second-order valence-electron chi connectivity index (χ2n) is 5.29. The third-order valence-electron chi connectivity index (χ3n) is 4.11. The number of piperidine rings is 1. The quantitative estimate of drug-likeness (QED) is 0.887. The first-order chi connectivity index (χ1) is 8.83. The van der Waals surface area contributed by atoms with Crippen molar-refractivity contribution in [2.24, 2.45) is 5.92 Å². The van der Waals surface area contributed by atoms with Gasteiger partial charge in [0.25, 0.3) is 0 Å². The van der Waals surface area contributed by atoms with Crippen molar-refractivity contribution < 1.29 is 9.53 Å². The lowest BCUT2D eigenvalue weighted by Crippen LogP contribution is -2.44. The third kappa shape index (κ3) is 2.41. The van der Waals surface area contributed by atoms with Crippen LogP contribution >= 0.6 is 0 Å². The van der Waals surface area contributed by atoms with Gasteiger partial charge in [0.2, 0.25) is 5.91 Å². The van der Waals surface area contributed by atoms with Crippen molar-refractivity contribution in [3.63, 3.8) is 0 Å². The van der Waals surface area contributed by atoms with Gasteiger partial charge in [-0.15, -0.1) is 0 Å². The lowest BCUT2D eigenvalue weighted by Gasteiger charge is -2.29. The summed E-state index contributed by atoms with van der Waals surface area (Å²) in [5.41, 5.74) is 1.22. The highest BCUT2D eigenvalue weighted by Gasteiger charge is 2.40. The Morgan fingerprint density at radius 1 is 1.17 bits per heavy atom. The summed E-state index contributed by atoms with van der Waals surface area (Å²) in [6, 6.07) is 10.6. The molecule has 1 heterocycles. The number of nitrogens with one attached hydrogen (secondary N) is 1. The summed E-state index contributed by atoms with van der Waals surface area (Å²) in [6.45, 7) is 0.683. The maximum atomic E-state index is 11.3. The fourth-order valence-electron chi connectivity index (χ4n) is 3.16. The molecular weight excluding hydrogens is 226 g/mol. The number of amides is 1. The molecule has 3 atom stereocenters. The molecule has 2 aliphatic rings. The summed E-state index contributed by atoms with van der Waals surface area (Å²) in [5.74, 6) is 0.728. The lowest BCUT2D eigenvalue weighted by atomic mass is 9.92. The first-order valence-electron chi connectivity index (χ1n) is 6.78. The van der Waals surface area contributed by atoms with E-state index in [4.69, 9.17) is 4.74 Å². The topological polar surface area (TPSA) is 38.3 Å². The molecule has 1 aromatic rings. The number of benzene rings is 1. The van der Waals surface area contributed by atoms with E-state index >= 15 is 0 Å². The largest absolute Gasteiger partial charge is 0.373 e. The van der Waals surface area contributed by atoms with E-state index in [9.17, 15) is 4.79 Å². The number of rotatable bonds is 3. The maximum absolute atomic E-state index is 11.3. The Balaban J connectivity index is 1.56. The summed E-state index contributed by atoms with van der Waals surface area (Å²) >= 11 is 0. The molecule has 1 aromatic carbocycles. The van der Waals surface area contributed by atoms with Gasteiger partial charge in [-0.2, -0.15) is 0 Å². The van der Waals surface area contributed by atoms with Crippen molar-refractivity contribution in [2.45, 2.75) is 44.4 Å². The van der Waals surface area contributed by atoms with Crippen LogP contribution in [-0.4, -0.2) is 18.1 Å². The monoisotopic (exact) mass is 245 g/mol. The van der Waals surface area contributed by atoms with Crippen molar-refractivity contribution in [1.29, 1.82) is 0 Å². The van der Waals surface area contributed by atoms with Gasteiger partial charge in [-0.25, -0.2) is 0 Å². The molecule has 1 saturated heterocycles. The molecule has 0 aromatic heterocycles. The van der Waals surface area contributed by atoms with Crippen LogP contribution < -0.4 is 5.32 Å². The SMILES string of the molecule is O=C1CCC2C(CCC2OCc2ccccc2)N1.